The lowest BCUT2D eigenvalue weighted by Crippen LogP contribution is -2.41. The molecule has 2 rings (SSSR count). The zero-order chi connectivity index (χ0) is 13.1. The van der Waals surface area contributed by atoms with E-state index in [-0.39, 0.29) is 29.3 Å². The number of hydrogen-bond acceptors (Lipinski definition) is 2. The van der Waals surface area contributed by atoms with Crippen molar-refractivity contribution in [2.24, 2.45) is 11.7 Å². The highest BCUT2D eigenvalue weighted by Crippen LogP contribution is 2.22. The van der Waals surface area contributed by atoms with E-state index in [1.54, 1.807) is 6.07 Å². The van der Waals surface area contributed by atoms with E-state index in [0.29, 0.717) is 5.92 Å². The Balaban J connectivity index is 0.00000180. The van der Waals surface area contributed by atoms with Gasteiger partial charge in [0.25, 0.3) is 0 Å². The van der Waals surface area contributed by atoms with Gasteiger partial charge in [-0.15, -0.1) is 12.4 Å². The molecule has 1 heterocycles. The Hall–Kier alpha value is -0.350. The van der Waals surface area contributed by atoms with Gasteiger partial charge in [0, 0.05) is 19.1 Å². The van der Waals surface area contributed by atoms with E-state index in [1.165, 1.54) is 18.9 Å². The fourth-order valence-corrected chi connectivity index (χ4v) is 2.68. The van der Waals surface area contributed by atoms with Gasteiger partial charge < -0.3 is 5.73 Å². The molecule has 2 unspecified atom stereocenters. The van der Waals surface area contributed by atoms with Crippen molar-refractivity contribution in [1.29, 1.82) is 0 Å². The second-order valence-corrected chi connectivity index (χ2v) is 5.65. The Labute approximate surface area is 125 Å². The Morgan fingerprint density at radius 3 is 2.89 bits per heavy atom. The first-order chi connectivity index (χ1) is 8.56. The maximum Gasteiger partial charge on any atom is 0.142 e. The molecule has 108 valence electrons. The molecule has 0 radical (unpaired) electrons. The predicted octanol–water partition coefficient (Wildman–Crippen LogP) is 3.46. The number of hydrogen-bond donors (Lipinski definition) is 1. The molecule has 1 aliphatic heterocycles. The smallest absolute Gasteiger partial charge is 0.142 e. The monoisotopic (exact) mass is 306 g/mol. The number of halogens is 3. The van der Waals surface area contributed by atoms with Gasteiger partial charge in [-0.1, -0.05) is 17.7 Å². The molecule has 0 amide bonds. The van der Waals surface area contributed by atoms with Gasteiger partial charge >= 0.3 is 0 Å². The Morgan fingerprint density at radius 2 is 2.26 bits per heavy atom. The third kappa shape index (κ3) is 4.60. The summed E-state index contributed by atoms with van der Waals surface area (Å²) in [6.45, 7) is 4.91. The molecule has 1 aromatic rings. The summed E-state index contributed by atoms with van der Waals surface area (Å²) in [4.78, 5) is 2.35. The average Bonchev–Trinajstić information content (AvgIpc) is 2.34. The Kier molecular flexibility index (Phi) is 6.54. The van der Waals surface area contributed by atoms with Crippen molar-refractivity contribution in [3.8, 4) is 0 Å². The fraction of sp³-hybridized carbons (Fsp3) is 0.571. The molecule has 1 aliphatic rings. The molecule has 1 saturated heterocycles. The van der Waals surface area contributed by atoms with Crippen LogP contribution in [0.15, 0.2) is 18.2 Å². The molecular formula is C14H21Cl2FN2. The highest BCUT2D eigenvalue weighted by Gasteiger charge is 2.22. The molecule has 1 fully saturated rings. The minimum Gasteiger partial charge on any atom is -0.328 e. The topological polar surface area (TPSA) is 29.3 Å². The molecule has 0 aromatic heterocycles. The predicted molar refractivity (Wildman–Crippen MR) is 80.3 cm³/mol. The summed E-state index contributed by atoms with van der Waals surface area (Å²) in [5, 5.41) is 0.186. The molecule has 2 nitrogen and oxygen atoms in total. The minimum absolute atomic E-state index is 0. The van der Waals surface area contributed by atoms with E-state index in [1.807, 2.05) is 6.07 Å². The highest BCUT2D eigenvalue weighted by molar-refractivity contribution is 6.30. The number of likely N-dealkylation sites (tertiary alicyclic amines) is 1. The summed E-state index contributed by atoms with van der Waals surface area (Å²) in [6.07, 6.45) is 2.37. The lowest BCUT2D eigenvalue weighted by atomic mass is 9.92. The van der Waals surface area contributed by atoms with Crippen LogP contribution in [0.5, 0.6) is 0 Å². The summed E-state index contributed by atoms with van der Waals surface area (Å²) in [7, 11) is 0. The van der Waals surface area contributed by atoms with Crippen LogP contribution in [-0.2, 0) is 6.54 Å². The largest absolute Gasteiger partial charge is 0.328 e. The van der Waals surface area contributed by atoms with Crippen LogP contribution in [0.4, 0.5) is 4.39 Å². The fourth-order valence-electron chi connectivity index (χ4n) is 2.56. The van der Waals surface area contributed by atoms with Gasteiger partial charge in [0.1, 0.15) is 5.82 Å². The molecule has 5 heteroatoms. The van der Waals surface area contributed by atoms with Crippen molar-refractivity contribution in [1.82, 2.24) is 4.90 Å². The lowest BCUT2D eigenvalue weighted by molar-refractivity contribution is 0.154. The van der Waals surface area contributed by atoms with Crippen LogP contribution >= 0.6 is 24.0 Å². The Morgan fingerprint density at radius 1 is 1.53 bits per heavy atom. The SMILES string of the molecule is CC(N)C1CCCN(Cc2ccc(Cl)c(F)c2)C1.Cl. The standard InChI is InChI=1S/C14H20ClFN2.ClH/c1-10(17)12-3-2-6-18(9-12)8-11-4-5-13(15)14(16)7-11;/h4-5,7,10,12H,2-3,6,8-9,17H2,1H3;1H. The number of piperidine rings is 1. The zero-order valence-corrected chi connectivity index (χ0v) is 12.7. The second-order valence-electron chi connectivity index (χ2n) is 5.25. The van der Waals surface area contributed by atoms with Gasteiger partial charge in [-0.3, -0.25) is 4.90 Å². The van der Waals surface area contributed by atoms with Gasteiger partial charge in [-0.05, 0) is 49.9 Å². The van der Waals surface area contributed by atoms with Crippen molar-refractivity contribution in [2.75, 3.05) is 13.1 Å². The summed E-state index contributed by atoms with van der Waals surface area (Å²) < 4.78 is 13.4. The molecule has 0 spiro atoms. The zero-order valence-electron chi connectivity index (χ0n) is 11.1. The van der Waals surface area contributed by atoms with Crippen molar-refractivity contribution < 1.29 is 4.39 Å². The van der Waals surface area contributed by atoms with E-state index >= 15 is 0 Å². The molecule has 2 atom stereocenters. The van der Waals surface area contributed by atoms with Gasteiger partial charge in [-0.2, -0.15) is 0 Å². The van der Waals surface area contributed by atoms with Gasteiger partial charge in [0.15, 0.2) is 0 Å². The van der Waals surface area contributed by atoms with E-state index in [9.17, 15) is 4.39 Å². The third-order valence-electron chi connectivity index (χ3n) is 3.68. The van der Waals surface area contributed by atoms with Gasteiger partial charge in [0.05, 0.1) is 5.02 Å². The van der Waals surface area contributed by atoms with Crippen molar-refractivity contribution in [3.63, 3.8) is 0 Å². The maximum absolute atomic E-state index is 13.4. The molecule has 19 heavy (non-hydrogen) atoms. The summed E-state index contributed by atoms with van der Waals surface area (Å²) in [5.41, 5.74) is 6.94. The van der Waals surface area contributed by atoms with Crippen molar-refractivity contribution in [3.05, 3.63) is 34.6 Å². The summed E-state index contributed by atoms with van der Waals surface area (Å²) in [5.74, 6) is 0.214. The highest BCUT2D eigenvalue weighted by atomic mass is 35.5. The van der Waals surface area contributed by atoms with Crippen LogP contribution in [0.3, 0.4) is 0 Å². The van der Waals surface area contributed by atoms with E-state index in [0.717, 1.165) is 25.2 Å². The molecule has 1 aromatic carbocycles. The minimum atomic E-state index is -0.338. The summed E-state index contributed by atoms with van der Waals surface area (Å²) in [6, 6.07) is 5.27. The third-order valence-corrected chi connectivity index (χ3v) is 3.98. The van der Waals surface area contributed by atoms with E-state index in [4.69, 9.17) is 17.3 Å². The lowest BCUT2D eigenvalue weighted by Gasteiger charge is -2.34. The van der Waals surface area contributed by atoms with Crippen LogP contribution in [0, 0.1) is 11.7 Å². The molecule has 0 bridgehead atoms. The van der Waals surface area contributed by atoms with Gasteiger partial charge in [-0.25, -0.2) is 4.39 Å². The van der Waals surface area contributed by atoms with Crippen LogP contribution in [-0.4, -0.2) is 24.0 Å². The number of nitrogens with zero attached hydrogens (tertiary/aromatic N) is 1. The quantitative estimate of drug-likeness (QED) is 0.926. The molecule has 0 saturated carbocycles. The maximum atomic E-state index is 13.4. The normalized spacial score (nSPS) is 21.8. The van der Waals surface area contributed by atoms with E-state index in [2.05, 4.69) is 11.8 Å². The molecule has 0 aliphatic carbocycles. The van der Waals surface area contributed by atoms with Gasteiger partial charge in [0.2, 0.25) is 0 Å². The first kappa shape index (κ1) is 16.7. The second kappa shape index (κ2) is 7.44. The van der Waals surface area contributed by atoms with Crippen molar-refractivity contribution in [2.45, 2.75) is 32.4 Å². The van der Waals surface area contributed by atoms with Crippen molar-refractivity contribution >= 4 is 24.0 Å². The van der Waals surface area contributed by atoms with Crippen LogP contribution in [0.1, 0.15) is 25.3 Å². The first-order valence-electron chi connectivity index (χ1n) is 6.48. The number of rotatable bonds is 3. The number of benzene rings is 1. The Bertz CT molecular complexity index is 412. The molecule has 2 N–H and O–H groups in total. The van der Waals surface area contributed by atoms with E-state index < -0.39 is 0 Å². The summed E-state index contributed by atoms with van der Waals surface area (Å²) >= 11 is 5.68. The van der Waals surface area contributed by atoms with Crippen LogP contribution < -0.4 is 5.73 Å². The first-order valence-corrected chi connectivity index (χ1v) is 6.86. The molecular weight excluding hydrogens is 286 g/mol. The van der Waals surface area contributed by atoms with Crippen LogP contribution in [0.2, 0.25) is 5.02 Å². The average molecular weight is 307 g/mol. The number of nitrogens with two attached hydrogens (primary N) is 1. The van der Waals surface area contributed by atoms with Crippen LogP contribution in [0.25, 0.3) is 0 Å².